The second-order valence-corrected chi connectivity index (χ2v) is 4.92. The van der Waals surface area contributed by atoms with Crippen LogP contribution in [-0.4, -0.2) is 30.4 Å². The van der Waals surface area contributed by atoms with Gasteiger partial charge in [-0.1, -0.05) is 6.08 Å². The molecule has 1 N–H and O–H groups in total. The van der Waals surface area contributed by atoms with Gasteiger partial charge in [-0.25, -0.2) is 0 Å². The molecule has 1 fully saturated rings. The molecule has 5 heteroatoms. The summed E-state index contributed by atoms with van der Waals surface area (Å²) in [6, 6.07) is 1.99. The first-order valence-electron chi connectivity index (χ1n) is 7.27. The number of aryl methyl sites for hydroxylation is 1. The predicted octanol–water partition coefficient (Wildman–Crippen LogP) is 3.13. The van der Waals surface area contributed by atoms with Crippen LogP contribution in [-0.2, 0) is 11.3 Å². The van der Waals surface area contributed by atoms with Gasteiger partial charge in [0.1, 0.15) is 5.76 Å². The van der Waals surface area contributed by atoms with Crippen molar-refractivity contribution < 1.29 is 41.8 Å². The Morgan fingerprint density at radius 3 is 2.81 bits per heavy atom. The van der Waals surface area contributed by atoms with Crippen LogP contribution in [0.25, 0.3) is 0 Å². The Kier molecular flexibility index (Phi) is 11.8. The molecule has 0 aliphatic carbocycles. The van der Waals surface area contributed by atoms with Gasteiger partial charge in [0.2, 0.25) is 5.91 Å². The Bertz CT molecular complexity index is 424. The van der Waals surface area contributed by atoms with E-state index in [1.807, 2.05) is 24.8 Å². The van der Waals surface area contributed by atoms with Gasteiger partial charge < -0.3 is 14.6 Å². The van der Waals surface area contributed by atoms with Gasteiger partial charge in [0.25, 0.3) is 0 Å². The zero-order valence-electron chi connectivity index (χ0n) is 13.2. The Balaban J connectivity index is 0. The Hall–Kier alpha value is -0.498. The molecule has 0 aromatic carbocycles. The van der Waals surface area contributed by atoms with E-state index in [2.05, 4.69) is 11.9 Å². The van der Waals surface area contributed by atoms with E-state index in [9.17, 15) is 4.79 Å². The van der Waals surface area contributed by atoms with Gasteiger partial charge >= 0.3 is 0 Å². The van der Waals surface area contributed by atoms with Crippen molar-refractivity contribution in [2.75, 3.05) is 19.6 Å². The van der Waals surface area contributed by atoms with Crippen molar-refractivity contribution in [1.82, 2.24) is 10.2 Å². The fourth-order valence-corrected chi connectivity index (χ4v) is 2.15. The van der Waals surface area contributed by atoms with E-state index in [0.717, 1.165) is 51.2 Å². The number of nitrogens with one attached hydrogen (secondary N) is 1. The zero-order valence-corrected chi connectivity index (χ0v) is 17.3. The average Bonchev–Trinajstić information content (AvgIpc) is 3.00. The van der Waals surface area contributed by atoms with Crippen molar-refractivity contribution in [3.05, 3.63) is 36.3 Å². The van der Waals surface area contributed by atoms with E-state index >= 15 is 0 Å². The predicted molar refractivity (Wildman–Crippen MR) is 83.6 cm³/mol. The quantitative estimate of drug-likeness (QED) is 0.465. The summed E-state index contributed by atoms with van der Waals surface area (Å²) in [6.45, 7) is 10.8. The Morgan fingerprint density at radius 2 is 2.29 bits per heavy atom. The average molecular weight is 518 g/mol. The van der Waals surface area contributed by atoms with E-state index in [1.165, 1.54) is 5.56 Å². The summed E-state index contributed by atoms with van der Waals surface area (Å²) in [5.74, 6) is 1.29. The molecule has 0 radical (unpaired) electrons. The van der Waals surface area contributed by atoms with E-state index in [-0.39, 0.29) is 32.5 Å². The van der Waals surface area contributed by atoms with Crippen LogP contribution in [0.4, 0.5) is 0 Å². The van der Waals surface area contributed by atoms with Gasteiger partial charge in [-0.3, -0.25) is 4.79 Å². The van der Waals surface area contributed by atoms with Crippen LogP contribution < -0.4 is 5.32 Å². The minimum absolute atomic E-state index is 0. The summed E-state index contributed by atoms with van der Waals surface area (Å²) in [4.78, 5) is 13.3. The Labute approximate surface area is 153 Å². The third-order valence-corrected chi connectivity index (χ3v) is 3.23. The van der Waals surface area contributed by atoms with Gasteiger partial charge in [-0.2, -0.15) is 0 Å². The molecule has 4 nitrogen and oxygen atoms in total. The summed E-state index contributed by atoms with van der Waals surface area (Å²) in [6.07, 6.45) is 6.25. The molecule has 0 atom stereocenters. The van der Waals surface area contributed by atoms with Crippen LogP contribution in [0.5, 0.6) is 0 Å². The number of furan rings is 1. The number of carbonyl (C=O) groups is 1. The largest absolute Gasteiger partial charge is 0.469 e. The zero-order chi connectivity index (χ0) is 14.8. The first-order valence-corrected chi connectivity index (χ1v) is 7.27. The van der Waals surface area contributed by atoms with Gasteiger partial charge in [-0.05, 0) is 39.3 Å². The maximum atomic E-state index is 11.4. The summed E-state index contributed by atoms with van der Waals surface area (Å²) in [7, 11) is 0. The summed E-state index contributed by atoms with van der Waals surface area (Å²) < 4.78 is 5.22. The Morgan fingerprint density at radius 1 is 1.57 bits per heavy atom. The van der Waals surface area contributed by atoms with E-state index in [0.29, 0.717) is 5.91 Å². The van der Waals surface area contributed by atoms with Crippen molar-refractivity contribution in [1.29, 1.82) is 0 Å². The van der Waals surface area contributed by atoms with Crippen LogP contribution in [0, 0.1) is 38.0 Å². The molecule has 2 heterocycles. The molecule has 0 bridgehead atoms. The molecule has 0 saturated carbocycles. The van der Waals surface area contributed by atoms with Crippen molar-refractivity contribution in [3.8, 4) is 0 Å². The molecular formula is C16H28N2O2U. The van der Waals surface area contributed by atoms with Gasteiger partial charge in [-0.15, -0.1) is 6.58 Å². The van der Waals surface area contributed by atoms with Crippen LogP contribution in [0.3, 0.4) is 0 Å². The fraction of sp³-hybridized carbons (Fsp3) is 0.562. The standard InChI is InChI=1S/C13H20N2O2.C3H6.U.H2/c1-11-12(5-9-17-11)10-14-6-3-8-15-7-2-4-13(15)16;1-3-2;;/h5,9,14H,2-4,6-8,10H2,1H3;3H,1H2,2H3;;1H. The van der Waals surface area contributed by atoms with E-state index in [4.69, 9.17) is 4.42 Å². The summed E-state index contributed by atoms with van der Waals surface area (Å²) in [5, 5.41) is 3.37. The first kappa shape index (κ1) is 20.5. The van der Waals surface area contributed by atoms with Crippen LogP contribution in [0.1, 0.15) is 38.9 Å². The number of hydrogen-bond acceptors (Lipinski definition) is 3. The minimum atomic E-state index is 0. The van der Waals surface area contributed by atoms with Crippen molar-refractivity contribution in [2.24, 2.45) is 0 Å². The number of rotatable bonds is 6. The molecule has 118 valence electrons. The molecule has 0 spiro atoms. The first-order chi connectivity index (χ1) is 9.69. The molecule has 1 amide bonds. The van der Waals surface area contributed by atoms with E-state index in [1.54, 1.807) is 12.3 Å². The monoisotopic (exact) mass is 518 g/mol. The van der Waals surface area contributed by atoms with Crippen LogP contribution in [0.2, 0.25) is 0 Å². The third kappa shape index (κ3) is 7.90. The van der Waals surface area contributed by atoms with Crippen molar-refractivity contribution >= 4 is 5.91 Å². The van der Waals surface area contributed by atoms with Crippen molar-refractivity contribution in [3.63, 3.8) is 0 Å². The molecule has 1 saturated heterocycles. The second-order valence-electron chi connectivity index (χ2n) is 4.92. The molecule has 1 aliphatic heterocycles. The minimum Gasteiger partial charge on any atom is -0.469 e. The van der Waals surface area contributed by atoms with Gasteiger partial charge in [0.05, 0.1) is 6.26 Å². The third-order valence-electron chi connectivity index (χ3n) is 3.23. The maximum Gasteiger partial charge on any atom is 0.222 e. The number of amides is 1. The summed E-state index contributed by atoms with van der Waals surface area (Å²) >= 11 is 0. The number of allylic oxidation sites excluding steroid dienone is 1. The molecule has 1 aromatic rings. The number of nitrogens with zero attached hydrogens (tertiary/aromatic N) is 1. The smallest absolute Gasteiger partial charge is 0.222 e. The molecule has 21 heavy (non-hydrogen) atoms. The molecular weight excluding hydrogens is 490 g/mol. The van der Waals surface area contributed by atoms with Gasteiger partial charge in [0, 0.05) is 64.2 Å². The maximum absolute atomic E-state index is 11.4. The SMILES string of the molecule is C=CC.Cc1occc1CNCCCN1CCCC1=O.[HH].[U]. The topological polar surface area (TPSA) is 45.5 Å². The molecule has 1 aliphatic rings. The number of likely N-dealkylation sites (tertiary alicyclic amines) is 1. The summed E-state index contributed by atoms with van der Waals surface area (Å²) in [5.41, 5.74) is 1.21. The molecule has 2 rings (SSSR count). The van der Waals surface area contributed by atoms with Crippen LogP contribution in [0.15, 0.2) is 29.4 Å². The number of hydrogen-bond donors (Lipinski definition) is 1. The fourth-order valence-electron chi connectivity index (χ4n) is 2.15. The normalized spacial score (nSPS) is 13.4. The van der Waals surface area contributed by atoms with Gasteiger partial charge in [0.15, 0.2) is 0 Å². The van der Waals surface area contributed by atoms with Crippen molar-refractivity contribution in [2.45, 2.75) is 39.7 Å². The number of carbonyl (C=O) groups excluding carboxylic acids is 1. The molecule has 1 aromatic heterocycles. The van der Waals surface area contributed by atoms with Crippen LogP contribution >= 0.6 is 0 Å². The van der Waals surface area contributed by atoms with E-state index < -0.39 is 0 Å². The second kappa shape index (κ2) is 12.1. The molecule has 0 unspecified atom stereocenters.